The van der Waals surface area contributed by atoms with Crippen LogP contribution in [0.15, 0.2) is 12.4 Å². The van der Waals surface area contributed by atoms with E-state index >= 15 is 0 Å². The molecule has 6 heteroatoms. The van der Waals surface area contributed by atoms with Crippen LogP contribution in [0.4, 0.5) is 0 Å². The van der Waals surface area contributed by atoms with Crippen LogP contribution in [0.1, 0.15) is 19.4 Å². The van der Waals surface area contributed by atoms with Gasteiger partial charge in [-0.05, 0) is 25.8 Å². The van der Waals surface area contributed by atoms with Gasteiger partial charge in [0.15, 0.2) is 0 Å². The zero-order valence-corrected chi connectivity index (χ0v) is 12.0. The summed E-state index contributed by atoms with van der Waals surface area (Å²) in [5, 5.41) is 4.19. The largest absolute Gasteiger partial charge is 0.374 e. The summed E-state index contributed by atoms with van der Waals surface area (Å²) in [6.07, 6.45) is 4.86. The van der Waals surface area contributed by atoms with Crippen LogP contribution in [-0.4, -0.2) is 52.6 Å². The number of morpholine rings is 1. The normalized spacial score (nSPS) is 22.9. The molecular weight excluding hydrogens is 242 g/mol. The van der Waals surface area contributed by atoms with Crippen LogP contribution in [0, 0.1) is 0 Å². The number of rotatable bonds is 5. The monoisotopic (exact) mass is 267 g/mol. The average Bonchev–Trinajstić information content (AvgIpc) is 2.81. The van der Waals surface area contributed by atoms with Crippen molar-refractivity contribution in [3.63, 3.8) is 0 Å². The van der Waals surface area contributed by atoms with Crippen molar-refractivity contribution in [3.05, 3.63) is 18.0 Å². The molecule has 2 atom stereocenters. The predicted molar refractivity (Wildman–Crippen MR) is 74.5 cm³/mol. The summed E-state index contributed by atoms with van der Waals surface area (Å²) >= 11 is 0. The lowest BCUT2D eigenvalue weighted by Crippen LogP contribution is -2.56. The van der Waals surface area contributed by atoms with E-state index in [9.17, 15) is 0 Å². The van der Waals surface area contributed by atoms with Gasteiger partial charge in [0.1, 0.15) is 0 Å². The lowest BCUT2D eigenvalue weighted by Gasteiger charge is -2.38. The predicted octanol–water partition coefficient (Wildman–Crippen LogP) is -0.0963. The number of nitrogens with one attached hydrogen (secondary N) is 1. The summed E-state index contributed by atoms with van der Waals surface area (Å²) in [6, 6.07) is 0.661. The molecule has 6 nitrogen and oxygen atoms in total. The van der Waals surface area contributed by atoms with Crippen molar-refractivity contribution in [2.24, 2.45) is 12.9 Å². The van der Waals surface area contributed by atoms with Crippen LogP contribution < -0.4 is 11.3 Å². The third-order valence-electron chi connectivity index (χ3n) is 3.73. The Hall–Kier alpha value is -0.950. The van der Waals surface area contributed by atoms with Gasteiger partial charge in [-0.2, -0.15) is 5.10 Å². The molecule has 3 N–H and O–H groups in total. The minimum absolute atomic E-state index is 0.116. The third-order valence-corrected chi connectivity index (χ3v) is 3.73. The first-order chi connectivity index (χ1) is 9.10. The Labute approximate surface area is 114 Å². The lowest BCUT2D eigenvalue weighted by molar-refractivity contribution is -0.0552. The topological polar surface area (TPSA) is 68.3 Å². The molecule has 1 aliphatic rings. The van der Waals surface area contributed by atoms with Crippen LogP contribution >= 0.6 is 0 Å². The number of hydrogen-bond donors (Lipinski definition) is 2. The second kappa shape index (κ2) is 6.47. The molecule has 1 aromatic rings. The van der Waals surface area contributed by atoms with E-state index in [1.54, 1.807) is 0 Å². The average molecular weight is 267 g/mol. The van der Waals surface area contributed by atoms with Crippen LogP contribution in [0.2, 0.25) is 0 Å². The van der Waals surface area contributed by atoms with Crippen molar-refractivity contribution in [3.8, 4) is 0 Å². The number of hydrazine groups is 1. The molecule has 0 aliphatic carbocycles. The number of aromatic nitrogens is 2. The van der Waals surface area contributed by atoms with Crippen LogP contribution in [0.5, 0.6) is 0 Å². The molecule has 19 heavy (non-hydrogen) atoms. The third kappa shape index (κ3) is 3.76. The van der Waals surface area contributed by atoms with E-state index in [4.69, 9.17) is 10.6 Å². The lowest BCUT2D eigenvalue weighted by atomic mass is 10.0. The number of hydrogen-bond acceptors (Lipinski definition) is 5. The van der Waals surface area contributed by atoms with Gasteiger partial charge in [-0.1, -0.05) is 0 Å². The van der Waals surface area contributed by atoms with E-state index in [0.717, 1.165) is 26.1 Å². The standard InChI is InChI=1S/C13H25N5O/c1-10(2)18-4-5-19-13(9-18)12(16-14)6-11-7-15-17(3)8-11/h7-8,10,12-13,16H,4-6,9,14H2,1-3H3. The van der Waals surface area contributed by atoms with E-state index in [1.807, 2.05) is 24.1 Å². The maximum absolute atomic E-state index is 5.88. The highest BCUT2D eigenvalue weighted by Gasteiger charge is 2.28. The number of nitrogens with two attached hydrogens (primary N) is 1. The SMILES string of the molecule is CC(C)N1CCOC(C(Cc2cnn(C)c2)NN)C1. The summed E-state index contributed by atoms with van der Waals surface area (Å²) in [4.78, 5) is 2.43. The van der Waals surface area contributed by atoms with E-state index < -0.39 is 0 Å². The number of ether oxygens (including phenoxy) is 1. The van der Waals surface area contributed by atoms with Gasteiger partial charge in [-0.15, -0.1) is 0 Å². The highest BCUT2D eigenvalue weighted by Crippen LogP contribution is 2.14. The first-order valence-corrected chi connectivity index (χ1v) is 6.89. The summed E-state index contributed by atoms with van der Waals surface area (Å²) in [6.45, 7) is 7.13. The Kier molecular flexibility index (Phi) is 4.93. The van der Waals surface area contributed by atoms with Crippen molar-refractivity contribution in [1.82, 2.24) is 20.1 Å². The second-order valence-electron chi connectivity index (χ2n) is 5.50. The van der Waals surface area contributed by atoms with Crippen LogP contribution in [0.25, 0.3) is 0 Å². The molecule has 1 saturated heterocycles. The van der Waals surface area contributed by atoms with Crippen molar-refractivity contribution >= 4 is 0 Å². The Morgan fingerprint density at radius 3 is 2.95 bits per heavy atom. The molecular formula is C13H25N5O. The first kappa shape index (κ1) is 14.5. The highest BCUT2D eigenvalue weighted by atomic mass is 16.5. The molecule has 1 aliphatic heterocycles. The summed E-state index contributed by atoms with van der Waals surface area (Å²) in [5.41, 5.74) is 4.08. The number of aryl methyl sites for hydroxylation is 1. The van der Waals surface area contributed by atoms with Gasteiger partial charge in [0, 0.05) is 32.4 Å². The summed E-state index contributed by atoms with van der Waals surface area (Å²) in [5.74, 6) is 5.70. The quantitative estimate of drug-likeness (QED) is 0.576. The molecule has 0 amide bonds. The number of nitrogens with zero attached hydrogens (tertiary/aromatic N) is 3. The molecule has 108 valence electrons. The zero-order valence-electron chi connectivity index (χ0n) is 12.0. The fourth-order valence-electron chi connectivity index (χ4n) is 2.54. The van der Waals surface area contributed by atoms with Gasteiger partial charge in [-0.25, -0.2) is 0 Å². The van der Waals surface area contributed by atoms with Crippen molar-refractivity contribution in [2.75, 3.05) is 19.7 Å². The second-order valence-corrected chi connectivity index (χ2v) is 5.50. The Morgan fingerprint density at radius 1 is 1.58 bits per heavy atom. The Bertz CT molecular complexity index is 392. The molecule has 2 rings (SSSR count). The first-order valence-electron chi connectivity index (χ1n) is 6.89. The Balaban J connectivity index is 1.96. The van der Waals surface area contributed by atoms with Crippen LogP contribution in [-0.2, 0) is 18.2 Å². The minimum Gasteiger partial charge on any atom is -0.374 e. The minimum atomic E-state index is 0.116. The van der Waals surface area contributed by atoms with Gasteiger partial charge in [0.05, 0.1) is 24.9 Å². The van der Waals surface area contributed by atoms with E-state index in [0.29, 0.717) is 6.04 Å². The van der Waals surface area contributed by atoms with Gasteiger partial charge in [0.25, 0.3) is 0 Å². The smallest absolute Gasteiger partial charge is 0.0872 e. The van der Waals surface area contributed by atoms with E-state index in [2.05, 4.69) is 29.3 Å². The van der Waals surface area contributed by atoms with Crippen molar-refractivity contribution < 1.29 is 4.74 Å². The molecule has 2 heterocycles. The maximum atomic E-state index is 5.88. The Morgan fingerprint density at radius 2 is 2.37 bits per heavy atom. The maximum Gasteiger partial charge on any atom is 0.0872 e. The van der Waals surface area contributed by atoms with Crippen molar-refractivity contribution in [2.45, 2.75) is 38.5 Å². The zero-order chi connectivity index (χ0) is 13.8. The summed E-state index contributed by atoms with van der Waals surface area (Å²) < 4.78 is 7.69. The molecule has 0 aromatic carbocycles. The summed E-state index contributed by atoms with van der Waals surface area (Å²) in [7, 11) is 1.92. The van der Waals surface area contributed by atoms with Gasteiger partial charge in [-0.3, -0.25) is 20.9 Å². The van der Waals surface area contributed by atoms with Gasteiger partial charge in [0.2, 0.25) is 0 Å². The fraction of sp³-hybridized carbons (Fsp3) is 0.769. The van der Waals surface area contributed by atoms with Crippen molar-refractivity contribution in [1.29, 1.82) is 0 Å². The van der Waals surface area contributed by atoms with Crippen LogP contribution in [0.3, 0.4) is 0 Å². The molecule has 0 saturated carbocycles. The molecule has 2 unspecified atom stereocenters. The molecule has 1 aromatic heterocycles. The van der Waals surface area contributed by atoms with E-state index in [1.165, 1.54) is 5.56 Å². The van der Waals surface area contributed by atoms with E-state index in [-0.39, 0.29) is 12.1 Å². The molecule has 0 spiro atoms. The highest BCUT2D eigenvalue weighted by molar-refractivity contribution is 5.07. The molecule has 1 fully saturated rings. The molecule has 0 radical (unpaired) electrons. The van der Waals surface area contributed by atoms with Gasteiger partial charge < -0.3 is 4.74 Å². The fourth-order valence-corrected chi connectivity index (χ4v) is 2.54. The molecule has 0 bridgehead atoms. The van der Waals surface area contributed by atoms with Gasteiger partial charge >= 0.3 is 0 Å².